The van der Waals surface area contributed by atoms with E-state index in [0.29, 0.717) is 29.2 Å². The number of hydrogen-bond acceptors (Lipinski definition) is 7. The molecule has 0 aliphatic heterocycles. The molecule has 0 bridgehead atoms. The van der Waals surface area contributed by atoms with Crippen LogP contribution in [-0.4, -0.2) is 22.2 Å². The minimum atomic E-state index is -1.17. The van der Waals surface area contributed by atoms with Gasteiger partial charge < -0.3 is 19.1 Å². The summed E-state index contributed by atoms with van der Waals surface area (Å²) >= 11 is 0. The van der Waals surface area contributed by atoms with Crippen LogP contribution < -0.4 is 5.32 Å². The van der Waals surface area contributed by atoms with Crippen molar-refractivity contribution in [3.63, 3.8) is 0 Å². The highest BCUT2D eigenvalue weighted by Crippen LogP contribution is 2.24. The lowest BCUT2D eigenvalue weighted by Crippen LogP contribution is -2.26. The van der Waals surface area contributed by atoms with Gasteiger partial charge in [0.25, 0.3) is 5.91 Å². The van der Waals surface area contributed by atoms with E-state index in [0.717, 1.165) is 0 Å². The smallest absolute Gasteiger partial charge is 0.344 e. The predicted octanol–water partition coefficient (Wildman–Crippen LogP) is 3.38. The Morgan fingerprint density at radius 3 is 2.52 bits per heavy atom. The summed E-state index contributed by atoms with van der Waals surface area (Å²) in [6, 6.07) is 10.3. The second kappa shape index (κ2) is 7.86. The topological polar surface area (TPSA) is 107 Å². The lowest BCUT2D eigenvalue weighted by molar-refractivity contribution is -0.125. The molecule has 1 aromatic carbocycles. The van der Waals surface area contributed by atoms with Gasteiger partial charge in [-0.25, -0.2) is 4.79 Å². The third kappa shape index (κ3) is 4.05. The van der Waals surface area contributed by atoms with Crippen LogP contribution in [0.4, 0.5) is 5.82 Å². The summed E-state index contributed by atoms with van der Waals surface area (Å²) < 4.78 is 15.6. The second-order valence-corrected chi connectivity index (χ2v) is 5.92. The minimum Gasteiger partial charge on any atom is -0.444 e. The van der Waals surface area contributed by atoms with E-state index in [2.05, 4.69) is 15.6 Å². The van der Waals surface area contributed by atoms with E-state index in [-0.39, 0.29) is 11.4 Å². The van der Waals surface area contributed by atoms with Crippen LogP contribution >= 0.6 is 0 Å². The standard InChI is InChI=1S/C19H19N3O5/c1-4-14-16(12(3)27-21-14)19(24)25-17(13-8-6-5-7-9-13)18(23)20-15-10-11(2)26-22-15/h5-10,17H,4H2,1-3H3,(H,20,22,23)/t17-/m1/s1. The van der Waals surface area contributed by atoms with Crippen molar-refractivity contribution in [1.82, 2.24) is 10.3 Å². The minimum absolute atomic E-state index is 0.239. The molecule has 140 valence electrons. The van der Waals surface area contributed by atoms with Gasteiger partial charge in [-0.2, -0.15) is 0 Å². The number of ether oxygens (including phenoxy) is 1. The van der Waals surface area contributed by atoms with Crippen molar-refractivity contribution >= 4 is 17.7 Å². The normalized spacial score (nSPS) is 11.8. The molecule has 1 atom stereocenters. The fourth-order valence-electron chi connectivity index (χ4n) is 2.60. The van der Waals surface area contributed by atoms with Crippen molar-refractivity contribution in [3.05, 3.63) is 64.7 Å². The maximum Gasteiger partial charge on any atom is 0.344 e. The second-order valence-electron chi connectivity index (χ2n) is 5.92. The quantitative estimate of drug-likeness (QED) is 0.664. The molecule has 0 aliphatic carbocycles. The first kappa shape index (κ1) is 18.4. The lowest BCUT2D eigenvalue weighted by atomic mass is 10.1. The molecule has 27 heavy (non-hydrogen) atoms. The average molecular weight is 369 g/mol. The molecular formula is C19H19N3O5. The summed E-state index contributed by atoms with van der Waals surface area (Å²) in [5.74, 6) is -0.0896. The molecule has 3 aromatic rings. The molecule has 0 saturated heterocycles. The van der Waals surface area contributed by atoms with Gasteiger partial charge in [-0.15, -0.1) is 0 Å². The summed E-state index contributed by atoms with van der Waals surface area (Å²) in [7, 11) is 0. The first-order valence-corrected chi connectivity index (χ1v) is 8.44. The van der Waals surface area contributed by atoms with E-state index in [9.17, 15) is 9.59 Å². The largest absolute Gasteiger partial charge is 0.444 e. The van der Waals surface area contributed by atoms with Gasteiger partial charge in [0, 0.05) is 11.6 Å². The Morgan fingerprint density at radius 2 is 1.89 bits per heavy atom. The summed E-state index contributed by atoms with van der Waals surface area (Å²) in [6.45, 7) is 5.18. The van der Waals surface area contributed by atoms with E-state index in [1.807, 2.05) is 6.92 Å². The molecular weight excluding hydrogens is 350 g/mol. The first-order chi connectivity index (χ1) is 13.0. The summed E-state index contributed by atoms with van der Waals surface area (Å²) in [6.07, 6.45) is -0.669. The van der Waals surface area contributed by atoms with E-state index in [4.69, 9.17) is 13.8 Å². The summed E-state index contributed by atoms with van der Waals surface area (Å²) in [5, 5.41) is 10.2. The highest BCUT2D eigenvalue weighted by molar-refractivity contribution is 5.98. The number of anilines is 1. The predicted molar refractivity (Wildman–Crippen MR) is 95.1 cm³/mol. The maximum atomic E-state index is 12.8. The molecule has 0 aliphatic rings. The third-order valence-electron chi connectivity index (χ3n) is 3.92. The van der Waals surface area contributed by atoms with Gasteiger partial charge in [0.1, 0.15) is 17.1 Å². The van der Waals surface area contributed by atoms with Crippen molar-refractivity contribution in [2.24, 2.45) is 0 Å². The Kier molecular flexibility index (Phi) is 5.35. The molecule has 2 heterocycles. The van der Waals surface area contributed by atoms with Gasteiger partial charge in [0.15, 0.2) is 5.82 Å². The Labute approximate surface area is 155 Å². The van der Waals surface area contributed by atoms with Crippen LogP contribution in [0.3, 0.4) is 0 Å². The Hall–Kier alpha value is -3.42. The maximum absolute atomic E-state index is 12.8. The van der Waals surface area contributed by atoms with Crippen LogP contribution in [0.2, 0.25) is 0 Å². The lowest BCUT2D eigenvalue weighted by Gasteiger charge is -2.17. The average Bonchev–Trinajstić information content (AvgIpc) is 3.25. The van der Waals surface area contributed by atoms with Gasteiger partial charge in [-0.1, -0.05) is 47.6 Å². The molecule has 0 saturated carbocycles. The van der Waals surface area contributed by atoms with Crippen LogP contribution in [0.25, 0.3) is 0 Å². The van der Waals surface area contributed by atoms with Gasteiger partial charge in [-0.3, -0.25) is 4.79 Å². The number of amides is 1. The van der Waals surface area contributed by atoms with Crippen molar-refractivity contribution < 1.29 is 23.4 Å². The van der Waals surface area contributed by atoms with Gasteiger partial charge >= 0.3 is 5.97 Å². The van der Waals surface area contributed by atoms with E-state index >= 15 is 0 Å². The number of aryl methyl sites for hydroxylation is 3. The number of benzene rings is 1. The number of nitrogens with zero attached hydrogens (tertiary/aromatic N) is 2. The molecule has 0 fully saturated rings. The summed E-state index contributed by atoms with van der Waals surface area (Å²) in [4.78, 5) is 25.5. The highest BCUT2D eigenvalue weighted by atomic mass is 16.6. The number of rotatable bonds is 6. The first-order valence-electron chi connectivity index (χ1n) is 8.44. The zero-order valence-corrected chi connectivity index (χ0v) is 15.2. The molecule has 1 amide bonds. The SMILES string of the molecule is CCc1noc(C)c1C(=O)O[C@@H](C(=O)Nc1cc(C)on1)c1ccccc1. The van der Waals surface area contributed by atoms with Crippen molar-refractivity contribution in [1.29, 1.82) is 0 Å². The Bertz CT molecular complexity index is 945. The Morgan fingerprint density at radius 1 is 1.15 bits per heavy atom. The molecule has 8 heteroatoms. The zero-order chi connectivity index (χ0) is 19.4. The fraction of sp³-hybridized carbons (Fsp3) is 0.263. The molecule has 0 radical (unpaired) electrons. The Balaban J connectivity index is 1.87. The van der Waals surface area contributed by atoms with Gasteiger partial charge in [0.05, 0.1) is 5.69 Å². The molecule has 0 unspecified atom stereocenters. The highest BCUT2D eigenvalue weighted by Gasteiger charge is 2.29. The number of esters is 1. The molecule has 0 spiro atoms. The number of hydrogen-bond donors (Lipinski definition) is 1. The van der Waals surface area contributed by atoms with Crippen LogP contribution in [0.5, 0.6) is 0 Å². The third-order valence-corrected chi connectivity index (χ3v) is 3.92. The number of carbonyl (C=O) groups excluding carboxylic acids is 2. The molecule has 2 aromatic heterocycles. The number of aromatic nitrogens is 2. The monoisotopic (exact) mass is 369 g/mol. The van der Waals surface area contributed by atoms with Crippen molar-refractivity contribution in [3.8, 4) is 0 Å². The zero-order valence-electron chi connectivity index (χ0n) is 15.2. The van der Waals surface area contributed by atoms with Crippen LogP contribution in [0.1, 0.15) is 46.2 Å². The van der Waals surface area contributed by atoms with Crippen LogP contribution in [-0.2, 0) is 16.0 Å². The summed E-state index contributed by atoms with van der Waals surface area (Å²) in [5.41, 5.74) is 1.25. The van der Waals surface area contributed by atoms with Crippen LogP contribution in [0, 0.1) is 13.8 Å². The molecule has 8 nitrogen and oxygen atoms in total. The van der Waals surface area contributed by atoms with Crippen LogP contribution in [0.15, 0.2) is 45.4 Å². The van der Waals surface area contributed by atoms with Gasteiger partial charge in [0.2, 0.25) is 6.10 Å². The van der Waals surface area contributed by atoms with Crippen molar-refractivity contribution in [2.75, 3.05) is 5.32 Å². The van der Waals surface area contributed by atoms with E-state index in [1.54, 1.807) is 50.2 Å². The van der Waals surface area contributed by atoms with Gasteiger partial charge in [-0.05, 0) is 20.3 Å². The van der Waals surface area contributed by atoms with E-state index < -0.39 is 18.0 Å². The fourth-order valence-corrected chi connectivity index (χ4v) is 2.60. The number of carbonyl (C=O) groups is 2. The van der Waals surface area contributed by atoms with Crippen molar-refractivity contribution in [2.45, 2.75) is 33.3 Å². The van der Waals surface area contributed by atoms with E-state index in [1.165, 1.54) is 0 Å². The molecule has 3 rings (SSSR count). The molecule has 1 N–H and O–H groups in total. The number of nitrogens with one attached hydrogen (secondary N) is 1.